The van der Waals surface area contributed by atoms with Crippen molar-refractivity contribution in [3.05, 3.63) is 83.9 Å². The van der Waals surface area contributed by atoms with Crippen LogP contribution in [-0.4, -0.2) is 34.3 Å². The first kappa shape index (κ1) is 23.7. The number of hydrogen-bond donors (Lipinski definition) is 2. The summed E-state index contributed by atoms with van der Waals surface area (Å²) in [5, 5.41) is 3.74. The number of carbonyl (C=O) groups excluding carboxylic acids is 1. The molecule has 0 unspecified atom stereocenters. The lowest BCUT2D eigenvalue weighted by Gasteiger charge is -2.10. The second-order valence-corrected chi connectivity index (χ2v) is 8.16. The van der Waals surface area contributed by atoms with Crippen LogP contribution in [0.1, 0.15) is 15.9 Å². The fraction of sp³-hybridized carbons (Fsp3) is 0.0909. The second-order valence-electron chi connectivity index (χ2n) is 6.48. The molecule has 0 fully saturated rings. The van der Waals surface area contributed by atoms with Gasteiger partial charge in [0.25, 0.3) is 15.9 Å². The molecule has 2 N–H and O–H groups in total. The van der Waals surface area contributed by atoms with Gasteiger partial charge in [-0.2, -0.15) is 13.9 Å². The van der Waals surface area contributed by atoms with Gasteiger partial charge >= 0.3 is 6.61 Å². The van der Waals surface area contributed by atoms with E-state index in [-0.39, 0.29) is 21.8 Å². The molecule has 0 saturated heterocycles. The van der Waals surface area contributed by atoms with Gasteiger partial charge in [0.2, 0.25) is 0 Å². The molecule has 0 aromatic heterocycles. The molecule has 0 saturated carbocycles. The van der Waals surface area contributed by atoms with Gasteiger partial charge < -0.3 is 9.47 Å². The first-order valence-corrected chi connectivity index (χ1v) is 10.9. The van der Waals surface area contributed by atoms with E-state index >= 15 is 0 Å². The quantitative estimate of drug-likeness (QED) is 0.361. The standard InChI is InChI=1S/C22H19F2N3O5S/c1-31-18-11-9-17(10-12-18)27-33(29,30)19-7-4-6-15(13-19)21(28)26-25-14-16-5-2-3-8-20(16)32-22(23)24/h2-14,22,27H,1H3,(H,26,28). The summed E-state index contributed by atoms with van der Waals surface area (Å²) in [6.07, 6.45) is 1.14. The summed E-state index contributed by atoms with van der Waals surface area (Å²) in [6.45, 7) is -3.01. The van der Waals surface area contributed by atoms with E-state index in [0.29, 0.717) is 11.4 Å². The van der Waals surface area contributed by atoms with Crippen molar-refractivity contribution in [3.63, 3.8) is 0 Å². The van der Waals surface area contributed by atoms with Crippen molar-refractivity contribution in [1.29, 1.82) is 0 Å². The normalized spacial score (nSPS) is 11.4. The Morgan fingerprint density at radius 3 is 2.45 bits per heavy atom. The molecular formula is C22H19F2N3O5S. The smallest absolute Gasteiger partial charge is 0.387 e. The van der Waals surface area contributed by atoms with Crippen molar-refractivity contribution in [3.8, 4) is 11.5 Å². The molecule has 8 nitrogen and oxygen atoms in total. The first-order chi connectivity index (χ1) is 15.8. The number of nitrogens with zero attached hydrogens (tertiary/aromatic N) is 1. The molecule has 3 aromatic carbocycles. The third kappa shape index (κ3) is 6.50. The maximum Gasteiger partial charge on any atom is 0.387 e. The fourth-order valence-electron chi connectivity index (χ4n) is 2.69. The van der Waals surface area contributed by atoms with Crippen LogP contribution in [0.3, 0.4) is 0 Å². The van der Waals surface area contributed by atoms with Gasteiger partial charge in [0, 0.05) is 16.8 Å². The molecule has 1 amide bonds. The first-order valence-electron chi connectivity index (χ1n) is 9.42. The number of methoxy groups -OCH3 is 1. The molecule has 0 bridgehead atoms. The lowest BCUT2D eigenvalue weighted by molar-refractivity contribution is -0.0499. The Morgan fingerprint density at radius 1 is 1.03 bits per heavy atom. The van der Waals surface area contributed by atoms with Crippen molar-refractivity contribution in [2.24, 2.45) is 5.10 Å². The Hall–Kier alpha value is -3.99. The Labute approximate surface area is 188 Å². The summed E-state index contributed by atoms with van der Waals surface area (Å²) in [5.74, 6) is -0.233. The monoisotopic (exact) mass is 475 g/mol. The number of benzene rings is 3. The van der Waals surface area contributed by atoms with Crippen LogP contribution < -0.4 is 19.6 Å². The van der Waals surface area contributed by atoms with Gasteiger partial charge in [-0.1, -0.05) is 18.2 Å². The molecule has 3 aromatic rings. The molecule has 0 aliphatic rings. The van der Waals surface area contributed by atoms with Gasteiger partial charge in [-0.3, -0.25) is 9.52 Å². The minimum Gasteiger partial charge on any atom is -0.497 e. The van der Waals surface area contributed by atoms with Crippen LogP contribution in [0.5, 0.6) is 11.5 Å². The van der Waals surface area contributed by atoms with Crippen LogP contribution in [-0.2, 0) is 10.0 Å². The van der Waals surface area contributed by atoms with Gasteiger partial charge in [-0.25, -0.2) is 13.8 Å². The van der Waals surface area contributed by atoms with Crippen LogP contribution in [0.4, 0.5) is 14.5 Å². The summed E-state index contributed by atoms with van der Waals surface area (Å²) in [6, 6.07) is 17.5. The van der Waals surface area contributed by atoms with Crippen LogP contribution in [0.2, 0.25) is 0 Å². The van der Waals surface area contributed by atoms with Crippen molar-refractivity contribution in [2.75, 3.05) is 11.8 Å². The topological polar surface area (TPSA) is 106 Å². The second kappa shape index (κ2) is 10.6. The molecule has 0 atom stereocenters. The molecule has 3 rings (SSSR count). The molecule has 172 valence electrons. The lowest BCUT2D eigenvalue weighted by atomic mass is 10.2. The van der Waals surface area contributed by atoms with Crippen LogP contribution >= 0.6 is 0 Å². The third-order valence-corrected chi connectivity index (χ3v) is 5.63. The highest BCUT2D eigenvalue weighted by Crippen LogP contribution is 2.20. The number of halogens is 2. The van der Waals surface area contributed by atoms with Gasteiger partial charge in [-0.15, -0.1) is 0 Å². The Morgan fingerprint density at radius 2 is 1.76 bits per heavy atom. The molecule has 0 aliphatic heterocycles. The Balaban J connectivity index is 1.71. The van der Waals surface area contributed by atoms with Gasteiger partial charge in [0.1, 0.15) is 11.5 Å². The largest absolute Gasteiger partial charge is 0.497 e. The predicted octanol–water partition coefficient (Wildman–Crippen LogP) is 3.86. The summed E-state index contributed by atoms with van der Waals surface area (Å²) < 4.78 is 62.2. The third-order valence-electron chi connectivity index (χ3n) is 4.25. The summed E-state index contributed by atoms with van der Waals surface area (Å²) in [4.78, 5) is 12.3. The van der Waals surface area contributed by atoms with Crippen LogP contribution in [0, 0.1) is 0 Å². The number of hydrazone groups is 1. The van der Waals surface area contributed by atoms with Crippen LogP contribution in [0.15, 0.2) is 82.8 Å². The number of ether oxygens (including phenoxy) is 2. The van der Waals surface area contributed by atoms with Crippen molar-refractivity contribution in [2.45, 2.75) is 11.5 Å². The average molecular weight is 475 g/mol. The van der Waals surface area contributed by atoms with E-state index in [1.807, 2.05) is 0 Å². The van der Waals surface area contributed by atoms with E-state index < -0.39 is 22.5 Å². The fourth-order valence-corrected chi connectivity index (χ4v) is 3.80. The van der Waals surface area contributed by atoms with Crippen LogP contribution in [0.25, 0.3) is 0 Å². The summed E-state index contributed by atoms with van der Waals surface area (Å²) >= 11 is 0. The number of nitrogens with one attached hydrogen (secondary N) is 2. The number of sulfonamides is 1. The number of rotatable bonds is 9. The molecule has 0 spiro atoms. The van der Waals surface area contributed by atoms with E-state index in [9.17, 15) is 22.0 Å². The Kier molecular flexibility index (Phi) is 7.57. The molecule has 33 heavy (non-hydrogen) atoms. The van der Waals surface area contributed by atoms with E-state index in [1.165, 1.54) is 61.7 Å². The molecule has 11 heteroatoms. The van der Waals surface area contributed by atoms with E-state index in [4.69, 9.17) is 4.74 Å². The van der Waals surface area contributed by atoms with Crippen molar-refractivity contribution >= 4 is 27.8 Å². The summed E-state index contributed by atoms with van der Waals surface area (Å²) in [7, 11) is -2.47. The number of para-hydroxylation sites is 1. The number of hydrogen-bond acceptors (Lipinski definition) is 6. The highest BCUT2D eigenvalue weighted by atomic mass is 32.2. The maximum atomic E-state index is 12.7. The van der Waals surface area contributed by atoms with Gasteiger partial charge in [0.05, 0.1) is 18.2 Å². The average Bonchev–Trinajstić information content (AvgIpc) is 2.80. The van der Waals surface area contributed by atoms with Gasteiger partial charge in [0.15, 0.2) is 0 Å². The molecular weight excluding hydrogens is 456 g/mol. The molecule has 0 heterocycles. The predicted molar refractivity (Wildman–Crippen MR) is 118 cm³/mol. The zero-order valence-corrected chi connectivity index (χ0v) is 18.1. The lowest BCUT2D eigenvalue weighted by Crippen LogP contribution is -2.19. The number of carbonyl (C=O) groups is 1. The molecule has 0 aliphatic carbocycles. The minimum atomic E-state index is -3.97. The van der Waals surface area contributed by atoms with E-state index in [1.54, 1.807) is 18.2 Å². The highest BCUT2D eigenvalue weighted by Gasteiger charge is 2.17. The van der Waals surface area contributed by atoms with E-state index in [0.717, 1.165) is 6.21 Å². The number of amides is 1. The molecule has 0 radical (unpaired) electrons. The zero-order chi connectivity index (χ0) is 23.8. The van der Waals surface area contributed by atoms with Crippen molar-refractivity contribution < 1.29 is 31.5 Å². The number of anilines is 1. The highest BCUT2D eigenvalue weighted by molar-refractivity contribution is 7.92. The minimum absolute atomic E-state index is 0.0295. The number of alkyl halides is 2. The zero-order valence-electron chi connectivity index (χ0n) is 17.2. The SMILES string of the molecule is COc1ccc(NS(=O)(=O)c2cccc(C(=O)NN=Cc3ccccc3OC(F)F)c2)cc1. The van der Waals surface area contributed by atoms with Crippen molar-refractivity contribution in [1.82, 2.24) is 5.43 Å². The van der Waals surface area contributed by atoms with Gasteiger partial charge in [-0.05, 0) is 54.6 Å². The van der Waals surface area contributed by atoms with E-state index in [2.05, 4.69) is 20.0 Å². The Bertz CT molecular complexity index is 1250. The maximum absolute atomic E-state index is 12.7. The summed E-state index contributed by atoms with van der Waals surface area (Å²) in [5.41, 5.74) is 2.80.